The summed E-state index contributed by atoms with van der Waals surface area (Å²) >= 11 is 23.9. The topological polar surface area (TPSA) is 98.7 Å². The van der Waals surface area contributed by atoms with Gasteiger partial charge in [0, 0.05) is 30.4 Å². The molecule has 4 aromatic carbocycles. The van der Waals surface area contributed by atoms with E-state index in [2.05, 4.69) is 42.5 Å². The highest BCUT2D eigenvalue weighted by molar-refractivity contribution is 9.10. The van der Waals surface area contributed by atoms with Crippen molar-refractivity contribution in [2.24, 2.45) is 0 Å². The maximum absolute atomic E-state index is 12.0. The molecular weight excluding hydrogens is 670 g/mol. The van der Waals surface area contributed by atoms with E-state index < -0.39 is 5.91 Å². The van der Waals surface area contributed by atoms with Gasteiger partial charge in [0.1, 0.15) is 11.5 Å². The molecule has 190 valence electrons. The van der Waals surface area contributed by atoms with E-state index in [-0.39, 0.29) is 38.6 Å². The molecule has 4 N–H and O–H groups in total. The molecule has 0 aromatic heterocycles. The van der Waals surface area contributed by atoms with E-state index in [1.807, 2.05) is 12.1 Å². The molecule has 4 aromatic rings. The van der Waals surface area contributed by atoms with Crippen LogP contribution in [0, 0.1) is 0 Å². The van der Waals surface area contributed by atoms with Crippen molar-refractivity contribution in [3.63, 3.8) is 0 Å². The largest absolute Gasteiger partial charge is 0.507 e. The molecule has 0 saturated heterocycles. The van der Waals surface area contributed by atoms with Crippen LogP contribution in [0.25, 0.3) is 0 Å². The van der Waals surface area contributed by atoms with Crippen LogP contribution in [0.15, 0.2) is 87.8 Å². The lowest BCUT2D eigenvalue weighted by molar-refractivity contribution is 0.101. The standard InChI is InChI=1S/C13H9Br2NO2.C13H8Cl3NO2/c14-8-1-4-10(5-2-8)16-13(18)11-7-9(15)3-6-12(11)17;14-7-1-3-9(4-2-7)17-13(19)10-5-8(15)6-11(16)12(10)18/h1-7,17H,(H,16,18);1-6,18H,(H,17,19). The predicted octanol–water partition coefficient (Wildman–Crippen LogP) is 8.77. The van der Waals surface area contributed by atoms with Gasteiger partial charge in [-0.25, -0.2) is 0 Å². The Kier molecular flexibility index (Phi) is 10.3. The number of aromatic hydroxyl groups is 2. The number of halogens is 5. The maximum atomic E-state index is 12.0. The molecule has 0 bridgehead atoms. The minimum Gasteiger partial charge on any atom is -0.507 e. The number of nitrogens with one attached hydrogen (secondary N) is 2. The molecule has 2 amide bonds. The van der Waals surface area contributed by atoms with Crippen LogP contribution in [0.4, 0.5) is 11.4 Å². The summed E-state index contributed by atoms with van der Waals surface area (Å²) in [5, 5.41) is 25.6. The fraction of sp³-hybridized carbons (Fsp3) is 0. The Bertz CT molecular complexity index is 1430. The van der Waals surface area contributed by atoms with Crippen molar-refractivity contribution in [3.8, 4) is 11.5 Å². The highest BCUT2D eigenvalue weighted by atomic mass is 79.9. The number of rotatable bonds is 4. The molecule has 37 heavy (non-hydrogen) atoms. The molecule has 0 spiro atoms. The summed E-state index contributed by atoms with van der Waals surface area (Å²) in [4.78, 5) is 24.0. The lowest BCUT2D eigenvalue weighted by atomic mass is 10.2. The van der Waals surface area contributed by atoms with Crippen molar-refractivity contribution < 1.29 is 19.8 Å². The Labute approximate surface area is 244 Å². The molecule has 0 atom stereocenters. The SMILES string of the molecule is O=C(Nc1ccc(Br)cc1)c1cc(Br)ccc1O.O=C(Nc1ccc(Cl)cc1)c1cc(Cl)cc(Cl)c1O. The van der Waals surface area contributed by atoms with Crippen LogP contribution in [0.1, 0.15) is 20.7 Å². The van der Waals surface area contributed by atoms with E-state index in [1.165, 1.54) is 18.2 Å². The average Bonchev–Trinajstić information content (AvgIpc) is 2.86. The number of benzene rings is 4. The first-order valence-corrected chi connectivity index (χ1v) is 13.1. The fourth-order valence-corrected chi connectivity index (χ4v) is 4.14. The smallest absolute Gasteiger partial charge is 0.259 e. The molecule has 0 saturated carbocycles. The van der Waals surface area contributed by atoms with Gasteiger partial charge in [0.2, 0.25) is 0 Å². The van der Waals surface area contributed by atoms with Gasteiger partial charge in [0.25, 0.3) is 11.8 Å². The minimum absolute atomic E-state index is 0.00690. The van der Waals surface area contributed by atoms with Gasteiger partial charge in [-0.2, -0.15) is 0 Å². The number of amides is 2. The average molecular weight is 688 g/mol. The lowest BCUT2D eigenvalue weighted by Gasteiger charge is -2.08. The summed E-state index contributed by atoms with van der Waals surface area (Å²) in [7, 11) is 0. The Balaban J connectivity index is 0.000000206. The normalized spacial score (nSPS) is 10.2. The Hall–Kier alpha value is -2.75. The van der Waals surface area contributed by atoms with Gasteiger partial charge < -0.3 is 20.8 Å². The van der Waals surface area contributed by atoms with E-state index in [1.54, 1.807) is 48.5 Å². The quantitative estimate of drug-likeness (QED) is 0.173. The van der Waals surface area contributed by atoms with Gasteiger partial charge in [0.15, 0.2) is 0 Å². The monoisotopic (exact) mass is 684 g/mol. The number of phenolic OH excluding ortho intramolecular Hbond substituents is 2. The van der Waals surface area contributed by atoms with Gasteiger partial charge in [-0.3, -0.25) is 9.59 Å². The molecule has 11 heteroatoms. The van der Waals surface area contributed by atoms with Crippen molar-refractivity contribution in [1.29, 1.82) is 0 Å². The predicted molar refractivity (Wildman–Crippen MR) is 155 cm³/mol. The van der Waals surface area contributed by atoms with Gasteiger partial charge >= 0.3 is 0 Å². The number of hydrogen-bond acceptors (Lipinski definition) is 4. The Morgan fingerprint density at radius 1 is 0.622 bits per heavy atom. The molecule has 0 fully saturated rings. The van der Waals surface area contributed by atoms with E-state index in [9.17, 15) is 19.8 Å². The van der Waals surface area contributed by atoms with Crippen molar-refractivity contribution in [3.05, 3.63) is 114 Å². The van der Waals surface area contributed by atoms with Crippen LogP contribution >= 0.6 is 66.7 Å². The third-order valence-corrected chi connectivity index (χ3v) is 6.46. The molecular formula is C26H17Br2Cl3N2O4. The number of carbonyl (C=O) groups excluding carboxylic acids is 2. The van der Waals surface area contributed by atoms with Crippen LogP contribution in [0.3, 0.4) is 0 Å². The van der Waals surface area contributed by atoms with Gasteiger partial charge in [-0.15, -0.1) is 0 Å². The van der Waals surface area contributed by atoms with Crippen molar-refractivity contribution >= 4 is 89.9 Å². The number of anilines is 2. The lowest BCUT2D eigenvalue weighted by Crippen LogP contribution is -2.12. The Morgan fingerprint density at radius 3 is 1.73 bits per heavy atom. The third kappa shape index (κ3) is 8.38. The second-order valence-electron chi connectivity index (χ2n) is 7.37. The molecule has 0 aliphatic heterocycles. The molecule has 6 nitrogen and oxygen atoms in total. The number of carbonyl (C=O) groups is 2. The second-order valence-corrected chi connectivity index (χ2v) is 10.5. The van der Waals surface area contributed by atoms with Gasteiger partial charge in [-0.05, 0) is 78.9 Å². The first-order chi connectivity index (χ1) is 17.5. The van der Waals surface area contributed by atoms with E-state index >= 15 is 0 Å². The second kappa shape index (κ2) is 13.2. The molecule has 0 unspecified atom stereocenters. The van der Waals surface area contributed by atoms with Gasteiger partial charge in [0.05, 0.1) is 16.1 Å². The fourth-order valence-electron chi connectivity index (χ4n) is 2.89. The summed E-state index contributed by atoms with van der Waals surface area (Å²) in [6, 6.07) is 21.2. The zero-order valence-corrected chi connectivity index (χ0v) is 24.0. The van der Waals surface area contributed by atoms with E-state index in [0.29, 0.717) is 16.4 Å². The van der Waals surface area contributed by atoms with Crippen LogP contribution in [-0.4, -0.2) is 22.0 Å². The minimum atomic E-state index is -0.510. The summed E-state index contributed by atoms with van der Waals surface area (Å²) in [5.41, 5.74) is 1.45. The van der Waals surface area contributed by atoms with Crippen LogP contribution in [0.2, 0.25) is 15.1 Å². The summed E-state index contributed by atoms with van der Waals surface area (Å²) in [5.74, 6) is -1.22. The molecule has 0 aliphatic rings. The molecule has 4 rings (SSSR count). The maximum Gasteiger partial charge on any atom is 0.259 e. The highest BCUT2D eigenvalue weighted by Gasteiger charge is 2.15. The van der Waals surface area contributed by atoms with E-state index in [4.69, 9.17) is 34.8 Å². The van der Waals surface area contributed by atoms with Crippen molar-refractivity contribution in [2.45, 2.75) is 0 Å². The molecule has 0 radical (unpaired) electrons. The van der Waals surface area contributed by atoms with E-state index in [0.717, 1.165) is 8.95 Å². The van der Waals surface area contributed by atoms with Crippen LogP contribution < -0.4 is 10.6 Å². The summed E-state index contributed by atoms with van der Waals surface area (Å²) < 4.78 is 1.67. The zero-order valence-electron chi connectivity index (χ0n) is 18.6. The van der Waals surface area contributed by atoms with Crippen molar-refractivity contribution in [1.82, 2.24) is 0 Å². The number of phenols is 2. The van der Waals surface area contributed by atoms with Crippen molar-refractivity contribution in [2.75, 3.05) is 10.6 Å². The Morgan fingerprint density at radius 2 is 1.14 bits per heavy atom. The number of hydrogen-bond donors (Lipinski definition) is 4. The van der Waals surface area contributed by atoms with Crippen LogP contribution in [-0.2, 0) is 0 Å². The highest BCUT2D eigenvalue weighted by Crippen LogP contribution is 2.31. The first-order valence-electron chi connectivity index (χ1n) is 10.3. The van der Waals surface area contributed by atoms with Gasteiger partial charge in [-0.1, -0.05) is 66.7 Å². The summed E-state index contributed by atoms with van der Waals surface area (Å²) in [6.07, 6.45) is 0. The third-order valence-electron chi connectivity index (χ3n) is 4.68. The van der Waals surface area contributed by atoms with Crippen LogP contribution in [0.5, 0.6) is 11.5 Å². The summed E-state index contributed by atoms with van der Waals surface area (Å²) in [6.45, 7) is 0. The molecule has 0 heterocycles. The zero-order chi connectivity index (χ0) is 27.1. The molecule has 0 aliphatic carbocycles. The first kappa shape index (κ1) is 28.8.